The lowest BCUT2D eigenvalue weighted by Crippen LogP contribution is -2.48. The molecule has 94 valence electrons. The summed E-state index contributed by atoms with van der Waals surface area (Å²) in [7, 11) is 0. The molecule has 0 aromatic carbocycles. The first-order valence-electron chi connectivity index (χ1n) is 6.74. The Hall–Kier alpha value is -0.160. The van der Waals surface area contributed by atoms with E-state index in [1.165, 1.54) is 45.6 Å². The molecule has 0 aliphatic carbocycles. The number of nitrogens with zero attached hydrogens (tertiary/aromatic N) is 1. The molecule has 2 heterocycles. The maximum atomic E-state index is 5.96. The average molecular weight is 226 g/mol. The molecule has 4 N–H and O–H groups in total. The van der Waals surface area contributed by atoms with Crippen LogP contribution in [-0.4, -0.2) is 57.3 Å². The summed E-state index contributed by atoms with van der Waals surface area (Å²) in [5, 5.41) is 6.84. The van der Waals surface area contributed by atoms with E-state index in [1.54, 1.807) is 0 Å². The van der Waals surface area contributed by atoms with Crippen LogP contribution in [0.5, 0.6) is 0 Å². The largest absolute Gasteiger partial charge is 0.330 e. The third kappa shape index (κ3) is 3.42. The van der Waals surface area contributed by atoms with Crippen molar-refractivity contribution >= 4 is 0 Å². The Morgan fingerprint density at radius 3 is 2.31 bits per heavy atom. The second kappa shape index (κ2) is 6.55. The average Bonchev–Trinajstić information content (AvgIpc) is 2.38. The van der Waals surface area contributed by atoms with Gasteiger partial charge in [0.25, 0.3) is 0 Å². The van der Waals surface area contributed by atoms with Crippen molar-refractivity contribution in [1.29, 1.82) is 0 Å². The Morgan fingerprint density at radius 2 is 1.69 bits per heavy atom. The predicted molar refractivity (Wildman–Crippen MR) is 67.4 cm³/mol. The standard InChI is InChI=1S/C12H26N4/c13-9-12(11-1-3-14-4-2-11)10-16-7-5-15-6-8-16/h11-12,14-15H,1-10,13H2. The minimum Gasteiger partial charge on any atom is -0.330 e. The molecule has 1 atom stereocenters. The van der Waals surface area contributed by atoms with Gasteiger partial charge in [0.15, 0.2) is 0 Å². The van der Waals surface area contributed by atoms with Gasteiger partial charge in [-0.3, -0.25) is 0 Å². The first-order valence-corrected chi connectivity index (χ1v) is 6.74. The highest BCUT2D eigenvalue weighted by Crippen LogP contribution is 2.22. The number of hydrogen-bond acceptors (Lipinski definition) is 4. The lowest BCUT2D eigenvalue weighted by atomic mass is 9.84. The zero-order valence-electron chi connectivity index (χ0n) is 10.3. The fourth-order valence-electron chi connectivity index (χ4n) is 2.96. The molecule has 2 aliphatic heterocycles. The van der Waals surface area contributed by atoms with Crippen LogP contribution in [0.15, 0.2) is 0 Å². The molecule has 0 radical (unpaired) electrons. The summed E-state index contributed by atoms with van der Waals surface area (Å²) in [5.41, 5.74) is 5.96. The predicted octanol–water partition coefficient (Wildman–Crippen LogP) is -0.534. The molecule has 2 rings (SSSR count). The molecule has 16 heavy (non-hydrogen) atoms. The van der Waals surface area contributed by atoms with E-state index < -0.39 is 0 Å². The molecule has 1 unspecified atom stereocenters. The van der Waals surface area contributed by atoms with Gasteiger partial charge in [0.05, 0.1) is 0 Å². The molecule has 2 saturated heterocycles. The summed E-state index contributed by atoms with van der Waals surface area (Å²) in [6.07, 6.45) is 2.63. The normalized spacial score (nSPS) is 26.8. The number of nitrogens with one attached hydrogen (secondary N) is 2. The van der Waals surface area contributed by atoms with Crippen LogP contribution >= 0.6 is 0 Å². The second-order valence-electron chi connectivity index (χ2n) is 5.13. The zero-order chi connectivity index (χ0) is 11.2. The van der Waals surface area contributed by atoms with Gasteiger partial charge in [-0.25, -0.2) is 0 Å². The summed E-state index contributed by atoms with van der Waals surface area (Å²) in [6, 6.07) is 0. The fourth-order valence-corrected chi connectivity index (χ4v) is 2.96. The van der Waals surface area contributed by atoms with E-state index in [0.717, 1.165) is 25.6 Å². The quantitative estimate of drug-likeness (QED) is 0.603. The van der Waals surface area contributed by atoms with Gasteiger partial charge in [-0.2, -0.15) is 0 Å². The molecule has 0 aromatic heterocycles. The van der Waals surface area contributed by atoms with Gasteiger partial charge < -0.3 is 21.3 Å². The molecule has 4 heteroatoms. The van der Waals surface area contributed by atoms with Crippen LogP contribution in [0.4, 0.5) is 0 Å². The zero-order valence-corrected chi connectivity index (χ0v) is 10.3. The first kappa shape index (κ1) is 12.3. The van der Waals surface area contributed by atoms with Gasteiger partial charge in [0.2, 0.25) is 0 Å². The molecule has 2 aliphatic rings. The molecule has 0 spiro atoms. The number of hydrogen-bond donors (Lipinski definition) is 3. The summed E-state index contributed by atoms with van der Waals surface area (Å²) in [4.78, 5) is 2.58. The molecule has 4 nitrogen and oxygen atoms in total. The number of piperazine rings is 1. The highest BCUT2D eigenvalue weighted by atomic mass is 15.2. The molecular weight excluding hydrogens is 200 g/mol. The Bertz CT molecular complexity index is 185. The third-order valence-corrected chi connectivity index (χ3v) is 4.06. The Balaban J connectivity index is 1.78. The molecule has 0 saturated carbocycles. The van der Waals surface area contributed by atoms with Gasteiger partial charge in [-0.05, 0) is 44.3 Å². The summed E-state index contributed by atoms with van der Waals surface area (Å²) < 4.78 is 0. The molecule has 0 amide bonds. The van der Waals surface area contributed by atoms with Crippen molar-refractivity contribution in [3.63, 3.8) is 0 Å². The lowest BCUT2D eigenvalue weighted by molar-refractivity contribution is 0.158. The van der Waals surface area contributed by atoms with Gasteiger partial charge in [0, 0.05) is 32.7 Å². The molecule has 0 aromatic rings. The smallest absolute Gasteiger partial charge is 0.0107 e. The minimum atomic E-state index is 0.709. The van der Waals surface area contributed by atoms with Gasteiger partial charge in [-0.1, -0.05) is 0 Å². The van der Waals surface area contributed by atoms with Crippen molar-refractivity contribution in [3.8, 4) is 0 Å². The molecule has 0 bridgehead atoms. The van der Waals surface area contributed by atoms with Crippen LogP contribution in [0.1, 0.15) is 12.8 Å². The van der Waals surface area contributed by atoms with Crippen LogP contribution in [0.25, 0.3) is 0 Å². The molecular formula is C12H26N4. The minimum absolute atomic E-state index is 0.709. The van der Waals surface area contributed by atoms with Gasteiger partial charge >= 0.3 is 0 Å². The Labute approximate surface area is 98.9 Å². The topological polar surface area (TPSA) is 53.3 Å². The lowest BCUT2D eigenvalue weighted by Gasteiger charge is -2.35. The molecule has 2 fully saturated rings. The SMILES string of the molecule is NCC(CN1CCNCC1)C1CCNCC1. The van der Waals surface area contributed by atoms with Crippen LogP contribution in [0.3, 0.4) is 0 Å². The van der Waals surface area contributed by atoms with E-state index in [1.807, 2.05) is 0 Å². The van der Waals surface area contributed by atoms with Crippen LogP contribution in [-0.2, 0) is 0 Å². The highest BCUT2D eigenvalue weighted by Gasteiger charge is 2.24. The number of piperidine rings is 1. The van der Waals surface area contributed by atoms with E-state index in [4.69, 9.17) is 5.73 Å². The van der Waals surface area contributed by atoms with Crippen molar-refractivity contribution in [2.45, 2.75) is 12.8 Å². The van der Waals surface area contributed by atoms with Crippen molar-refractivity contribution in [3.05, 3.63) is 0 Å². The van der Waals surface area contributed by atoms with Crippen LogP contribution < -0.4 is 16.4 Å². The summed E-state index contributed by atoms with van der Waals surface area (Å²) >= 11 is 0. The van der Waals surface area contributed by atoms with Gasteiger partial charge in [0.1, 0.15) is 0 Å². The fraction of sp³-hybridized carbons (Fsp3) is 1.00. The van der Waals surface area contributed by atoms with E-state index in [2.05, 4.69) is 15.5 Å². The van der Waals surface area contributed by atoms with Crippen LogP contribution in [0, 0.1) is 11.8 Å². The van der Waals surface area contributed by atoms with E-state index in [9.17, 15) is 0 Å². The third-order valence-electron chi connectivity index (χ3n) is 4.06. The van der Waals surface area contributed by atoms with Crippen molar-refractivity contribution < 1.29 is 0 Å². The van der Waals surface area contributed by atoms with Gasteiger partial charge in [-0.15, -0.1) is 0 Å². The number of nitrogens with two attached hydrogens (primary N) is 1. The maximum Gasteiger partial charge on any atom is 0.0107 e. The van der Waals surface area contributed by atoms with E-state index in [-0.39, 0.29) is 0 Å². The first-order chi connectivity index (χ1) is 7.90. The highest BCUT2D eigenvalue weighted by molar-refractivity contribution is 4.80. The Morgan fingerprint density at radius 1 is 1.06 bits per heavy atom. The second-order valence-corrected chi connectivity index (χ2v) is 5.13. The number of rotatable bonds is 4. The van der Waals surface area contributed by atoms with Crippen molar-refractivity contribution in [1.82, 2.24) is 15.5 Å². The van der Waals surface area contributed by atoms with Crippen LogP contribution in [0.2, 0.25) is 0 Å². The summed E-state index contributed by atoms with van der Waals surface area (Å²) in [5.74, 6) is 1.56. The Kier molecular flexibility index (Phi) is 5.03. The van der Waals surface area contributed by atoms with Crippen molar-refractivity contribution in [2.24, 2.45) is 17.6 Å². The van der Waals surface area contributed by atoms with E-state index in [0.29, 0.717) is 5.92 Å². The van der Waals surface area contributed by atoms with E-state index >= 15 is 0 Å². The maximum absolute atomic E-state index is 5.96. The monoisotopic (exact) mass is 226 g/mol. The van der Waals surface area contributed by atoms with Crippen molar-refractivity contribution in [2.75, 3.05) is 52.4 Å². The summed E-state index contributed by atoms with van der Waals surface area (Å²) in [6.45, 7) is 9.11.